The second-order valence-corrected chi connectivity index (χ2v) is 11.8. The van der Waals surface area contributed by atoms with Gasteiger partial charge in [0.15, 0.2) is 0 Å². The van der Waals surface area contributed by atoms with Crippen LogP contribution >= 0.6 is 0 Å². The summed E-state index contributed by atoms with van der Waals surface area (Å²) in [6.07, 6.45) is 8.84. The van der Waals surface area contributed by atoms with E-state index < -0.39 is 0 Å². The van der Waals surface area contributed by atoms with E-state index in [-0.39, 0.29) is 0 Å². The summed E-state index contributed by atoms with van der Waals surface area (Å²) >= 11 is 0. The number of rotatable bonds is 4. The van der Waals surface area contributed by atoms with E-state index >= 15 is 0 Å². The van der Waals surface area contributed by atoms with Crippen molar-refractivity contribution in [2.45, 2.75) is 50.9 Å². The fourth-order valence-electron chi connectivity index (χ4n) is 8.08. The molecule has 0 nitrogen and oxygen atoms in total. The minimum atomic E-state index is 0.478. The highest BCUT2D eigenvalue weighted by atomic mass is 14.6. The molecule has 8 rings (SSSR count). The predicted molar refractivity (Wildman–Crippen MR) is 147 cm³/mol. The lowest BCUT2D eigenvalue weighted by molar-refractivity contribution is -0.00518. The highest BCUT2D eigenvalue weighted by Gasteiger charge is 2.51. The number of aryl methyl sites for hydroxylation is 1. The fraction of sp³-hybridized carbons (Fsp3) is 0.314. The van der Waals surface area contributed by atoms with E-state index in [4.69, 9.17) is 0 Å². The first-order valence-electron chi connectivity index (χ1n) is 13.5. The second-order valence-electron chi connectivity index (χ2n) is 11.8. The first-order valence-corrected chi connectivity index (χ1v) is 13.5. The van der Waals surface area contributed by atoms with Crippen molar-refractivity contribution in [2.75, 3.05) is 0 Å². The molecule has 4 fully saturated rings. The van der Waals surface area contributed by atoms with Crippen LogP contribution in [0.15, 0.2) is 97.1 Å². The van der Waals surface area contributed by atoms with Crippen molar-refractivity contribution >= 4 is 0 Å². The average molecular weight is 455 g/mol. The third-order valence-electron chi connectivity index (χ3n) is 9.27. The third kappa shape index (κ3) is 3.84. The van der Waals surface area contributed by atoms with Crippen LogP contribution in [0.2, 0.25) is 0 Å². The summed E-state index contributed by atoms with van der Waals surface area (Å²) in [5.74, 6) is 2.98. The molecule has 4 saturated carbocycles. The maximum absolute atomic E-state index is 2.47. The summed E-state index contributed by atoms with van der Waals surface area (Å²) in [5.41, 5.74) is 11.2. The van der Waals surface area contributed by atoms with Crippen molar-refractivity contribution in [1.29, 1.82) is 0 Å². The zero-order valence-corrected chi connectivity index (χ0v) is 20.7. The van der Waals surface area contributed by atoms with Crippen molar-refractivity contribution in [2.24, 2.45) is 17.8 Å². The van der Waals surface area contributed by atoms with E-state index in [0.29, 0.717) is 5.41 Å². The number of benzene rings is 4. The lowest BCUT2D eigenvalue weighted by Gasteiger charge is -2.57. The SMILES string of the molecule is Cc1cc(-c2ccc(-c3ccccc3)cc2)cc(-c2ccc(C34CC5CC(CC(C5)C3)C4)cc2)c1. The Morgan fingerprint density at radius 1 is 0.486 bits per heavy atom. The molecule has 0 N–H and O–H groups in total. The Bertz CT molecular complexity index is 1310. The molecule has 4 aromatic rings. The van der Waals surface area contributed by atoms with Gasteiger partial charge in [-0.3, -0.25) is 0 Å². The first kappa shape index (κ1) is 21.2. The molecule has 0 heteroatoms. The summed E-state index contributed by atoms with van der Waals surface area (Å²) in [6, 6.07) is 36.4. The molecule has 4 aliphatic rings. The van der Waals surface area contributed by atoms with Gasteiger partial charge < -0.3 is 0 Å². The van der Waals surface area contributed by atoms with Gasteiger partial charge in [-0.15, -0.1) is 0 Å². The smallest absolute Gasteiger partial charge is 0.00391 e. The maximum atomic E-state index is 2.47. The molecule has 0 saturated heterocycles. The van der Waals surface area contributed by atoms with Crippen LogP contribution in [0.25, 0.3) is 33.4 Å². The van der Waals surface area contributed by atoms with Crippen LogP contribution in [0.4, 0.5) is 0 Å². The molecule has 0 amide bonds. The molecule has 0 aromatic heterocycles. The third-order valence-corrected chi connectivity index (χ3v) is 9.27. The van der Waals surface area contributed by atoms with Gasteiger partial charge in [-0.05, 0) is 119 Å². The summed E-state index contributed by atoms with van der Waals surface area (Å²) in [4.78, 5) is 0. The van der Waals surface area contributed by atoms with E-state index in [1.807, 2.05) is 0 Å². The Kier molecular flexibility index (Phi) is 4.98. The summed E-state index contributed by atoms with van der Waals surface area (Å²) in [6.45, 7) is 2.22. The van der Waals surface area contributed by atoms with Gasteiger partial charge in [0.1, 0.15) is 0 Å². The Morgan fingerprint density at radius 2 is 0.914 bits per heavy atom. The molecule has 4 aromatic carbocycles. The van der Waals surface area contributed by atoms with Crippen LogP contribution in [-0.2, 0) is 5.41 Å². The van der Waals surface area contributed by atoms with E-state index in [2.05, 4.69) is 104 Å². The highest BCUT2D eigenvalue weighted by Crippen LogP contribution is 2.60. The van der Waals surface area contributed by atoms with Crippen LogP contribution in [-0.4, -0.2) is 0 Å². The minimum absolute atomic E-state index is 0.478. The molecule has 0 heterocycles. The van der Waals surface area contributed by atoms with Gasteiger partial charge >= 0.3 is 0 Å². The van der Waals surface area contributed by atoms with Gasteiger partial charge in [0, 0.05) is 0 Å². The topological polar surface area (TPSA) is 0 Å². The highest BCUT2D eigenvalue weighted by molar-refractivity contribution is 5.76. The van der Waals surface area contributed by atoms with Gasteiger partial charge in [-0.2, -0.15) is 0 Å². The Morgan fingerprint density at radius 3 is 1.43 bits per heavy atom. The summed E-state index contributed by atoms with van der Waals surface area (Å²) in [7, 11) is 0. The molecular formula is C35H34. The van der Waals surface area contributed by atoms with E-state index in [9.17, 15) is 0 Å². The molecule has 0 radical (unpaired) electrons. The molecule has 35 heavy (non-hydrogen) atoms. The van der Waals surface area contributed by atoms with Crippen LogP contribution in [0, 0.1) is 24.7 Å². The van der Waals surface area contributed by atoms with Gasteiger partial charge in [0.05, 0.1) is 0 Å². The molecule has 174 valence electrons. The second kappa shape index (κ2) is 8.23. The van der Waals surface area contributed by atoms with Gasteiger partial charge in [0.2, 0.25) is 0 Å². The van der Waals surface area contributed by atoms with Gasteiger partial charge in [0.25, 0.3) is 0 Å². The van der Waals surface area contributed by atoms with E-state index in [0.717, 1.165) is 17.8 Å². The van der Waals surface area contributed by atoms with Crippen LogP contribution in [0.3, 0.4) is 0 Å². The monoisotopic (exact) mass is 454 g/mol. The summed E-state index contributed by atoms with van der Waals surface area (Å²) < 4.78 is 0. The van der Waals surface area contributed by atoms with Crippen LogP contribution in [0.5, 0.6) is 0 Å². The first-order chi connectivity index (χ1) is 17.1. The standard InChI is InChI=1S/C35H34/c1-24-15-32(30-9-7-29(8-10-30)28-5-3-2-4-6-28)20-33(16-24)31-11-13-34(14-12-31)35-21-25-17-26(22-35)19-27(18-25)23-35/h2-16,20,25-27H,17-19,21-23H2,1H3. The molecule has 0 unspecified atom stereocenters. The Balaban J connectivity index is 1.17. The number of hydrogen-bond acceptors (Lipinski definition) is 0. The fourth-order valence-corrected chi connectivity index (χ4v) is 8.08. The quantitative estimate of drug-likeness (QED) is 0.288. The van der Waals surface area contributed by atoms with Crippen molar-refractivity contribution < 1.29 is 0 Å². The summed E-state index contributed by atoms with van der Waals surface area (Å²) in [5, 5.41) is 0. The van der Waals surface area contributed by atoms with Crippen LogP contribution < -0.4 is 0 Å². The lowest BCUT2D eigenvalue weighted by atomic mass is 9.48. The molecule has 0 aliphatic heterocycles. The zero-order valence-electron chi connectivity index (χ0n) is 20.7. The van der Waals surface area contributed by atoms with Crippen LogP contribution in [0.1, 0.15) is 49.7 Å². The van der Waals surface area contributed by atoms with Crippen molar-refractivity contribution in [3.8, 4) is 33.4 Å². The Labute approximate surface area is 210 Å². The van der Waals surface area contributed by atoms with Gasteiger partial charge in [-0.25, -0.2) is 0 Å². The predicted octanol–water partition coefficient (Wildman–Crippen LogP) is 9.46. The number of hydrogen-bond donors (Lipinski definition) is 0. The molecule has 0 spiro atoms. The molecular weight excluding hydrogens is 420 g/mol. The lowest BCUT2D eigenvalue weighted by Crippen LogP contribution is -2.48. The average Bonchev–Trinajstić information content (AvgIpc) is 2.88. The minimum Gasteiger partial charge on any atom is -0.0622 e. The Hall–Kier alpha value is -3.12. The van der Waals surface area contributed by atoms with E-state index in [1.54, 1.807) is 5.56 Å². The van der Waals surface area contributed by atoms with Gasteiger partial charge in [-0.1, -0.05) is 91.0 Å². The maximum Gasteiger partial charge on any atom is -0.00391 e. The molecule has 4 bridgehead atoms. The zero-order chi connectivity index (χ0) is 23.4. The molecule has 4 aliphatic carbocycles. The van der Waals surface area contributed by atoms with Crippen molar-refractivity contribution in [1.82, 2.24) is 0 Å². The van der Waals surface area contributed by atoms with Crippen molar-refractivity contribution in [3.05, 3.63) is 108 Å². The van der Waals surface area contributed by atoms with E-state index in [1.165, 1.54) is 77.5 Å². The van der Waals surface area contributed by atoms with Crippen molar-refractivity contribution in [3.63, 3.8) is 0 Å². The molecule has 0 atom stereocenters. The largest absolute Gasteiger partial charge is 0.0622 e. The normalized spacial score (nSPS) is 26.7.